The van der Waals surface area contributed by atoms with Crippen LogP contribution in [0.4, 0.5) is 8.78 Å². The second kappa shape index (κ2) is 6.28. The van der Waals surface area contributed by atoms with Crippen molar-refractivity contribution < 1.29 is 18.3 Å². The third-order valence-electron chi connectivity index (χ3n) is 3.00. The van der Waals surface area contributed by atoms with E-state index in [0.29, 0.717) is 0 Å². The Balaban J connectivity index is 2.30. The van der Waals surface area contributed by atoms with Crippen molar-refractivity contribution in [1.29, 1.82) is 0 Å². The van der Waals surface area contributed by atoms with Gasteiger partial charge in [-0.25, -0.2) is 8.78 Å². The van der Waals surface area contributed by atoms with E-state index in [-0.39, 0.29) is 30.1 Å². The lowest BCUT2D eigenvalue weighted by atomic mass is 9.92. The molecule has 0 aliphatic heterocycles. The molecule has 0 aliphatic carbocycles. The number of ether oxygens (including phenoxy) is 1. The number of carbonyl (C=O) groups excluding carboxylic acids is 1. The van der Waals surface area contributed by atoms with Crippen LogP contribution in [0.15, 0.2) is 48.5 Å². The normalized spacial score (nSPS) is 10.6. The summed E-state index contributed by atoms with van der Waals surface area (Å²) in [4.78, 5) is 11.0. The molecule has 0 saturated carbocycles. The minimum Gasteiger partial charge on any atom is -0.465 e. The smallest absolute Gasteiger partial charge is 0.302 e. The molecule has 2 aromatic rings. The van der Waals surface area contributed by atoms with Gasteiger partial charge in [-0.15, -0.1) is 0 Å². The molecule has 20 heavy (non-hydrogen) atoms. The molecular formula is C16H14F2O2. The number of rotatable bonds is 4. The van der Waals surface area contributed by atoms with Crippen LogP contribution in [0.2, 0.25) is 0 Å². The topological polar surface area (TPSA) is 26.3 Å². The third-order valence-corrected chi connectivity index (χ3v) is 3.00. The molecule has 0 radical (unpaired) electrons. The van der Waals surface area contributed by atoms with Gasteiger partial charge in [-0.3, -0.25) is 4.79 Å². The van der Waals surface area contributed by atoms with E-state index >= 15 is 0 Å². The number of esters is 1. The van der Waals surface area contributed by atoms with E-state index in [9.17, 15) is 13.6 Å². The maximum Gasteiger partial charge on any atom is 0.302 e. The lowest BCUT2D eigenvalue weighted by molar-refractivity contribution is -0.141. The maximum absolute atomic E-state index is 13.0. The van der Waals surface area contributed by atoms with E-state index in [4.69, 9.17) is 4.74 Å². The maximum atomic E-state index is 13.0. The number of hydrogen-bond donors (Lipinski definition) is 0. The van der Waals surface area contributed by atoms with Crippen molar-refractivity contribution in [2.75, 3.05) is 6.61 Å². The van der Waals surface area contributed by atoms with Crippen molar-refractivity contribution in [3.05, 3.63) is 71.3 Å². The molecule has 0 atom stereocenters. The number of halogens is 2. The van der Waals surface area contributed by atoms with Crippen LogP contribution in [0.3, 0.4) is 0 Å². The number of benzene rings is 2. The van der Waals surface area contributed by atoms with E-state index < -0.39 is 0 Å². The van der Waals surface area contributed by atoms with E-state index in [2.05, 4.69) is 0 Å². The minimum absolute atomic E-state index is 0.132. The monoisotopic (exact) mass is 276 g/mol. The molecule has 0 aromatic heterocycles. The van der Waals surface area contributed by atoms with Crippen molar-refractivity contribution in [3.63, 3.8) is 0 Å². The first-order valence-corrected chi connectivity index (χ1v) is 6.20. The molecule has 104 valence electrons. The second-order valence-electron chi connectivity index (χ2n) is 4.46. The molecule has 2 nitrogen and oxygen atoms in total. The summed E-state index contributed by atoms with van der Waals surface area (Å²) in [5.41, 5.74) is 1.61. The zero-order valence-electron chi connectivity index (χ0n) is 11.0. The van der Waals surface area contributed by atoms with Gasteiger partial charge in [0.05, 0.1) is 0 Å². The van der Waals surface area contributed by atoms with Gasteiger partial charge < -0.3 is 4.74 Å². The van der Waals surface area contributed by atoms with Crippen LogP contribution in [0, 0.1) is 11.6 Å². The van der Waals surface area contributed by atoms with Crippen LogP contribution in [0.25, 0.3) is 0 Å². The molecule has 0 bridgehead atoms. The second-order valence-corrected chi connectivity index (χ2v) is 4.46. The van der Waals surface area contributed by atoms with Crippen LogP contribution in [-0.2, 0) is 9.53 Å². The molecule has 0 N–H and O–H groups in total. The standard InChI is InChI=1S/C16H14F2O2/c1-11(19)20-10-16(12-2-6-14(17)7-3-12)13-4-8-15(18)9-5-13/h2-9,16H,10H2,1H3. The molecule has 0 spiro atoms. The van der Waals surface area contributed by atoms with Gasteiger partial charge in [0.25, 0.3) is 0 Å². The van der Waals surface area contributed by atoms with Crippen molar-refractivity contribution in [2.45, 2.75) is 12.8 Å². The lowest BCUT2D eigenvalue weighted by Crippen LogP contribution is -2.12. The highest BCUT2D eigenvalue weighted by Crippen LogP contribution is 2.25. The summed E-state index contributed by atoms with van der Waals surface area (Å²) < 4.78 is 31.0. The molecule has 0 aliphatic rings. The Hall–Kier alpha value is -2.23. The summed E-state index contributed by atoms with van der Waals surface area (Å²) in [6.07, 6.45) is 0. The predicted molar refractivity (Wildman–Crippen MR) is 71.3 cm³/mol. The molecule has 2 rings (SSSR count). The van der Waals surface area contributed by atoms with Crippen LogP contribution < -0.4 is 0 Å². The number of hydrogen-bond acceptors (Lipinski definition) is 2. The SMILES string of the molecule is CC(=O)OCC(c1ccc(F)cc1)c1ccc(F)cc1. The Morgan fingerprint density at radius 1 is 0.950 bits per heavy atom. The van der Waals surface area contributed by atoms with E-state index in [1.54, 1.807) is 24.3 Å². The summed E-state index contributed by atoms with van der Waals surface area (Å²) in [6.45, 7) is 1.46. The van der Waals surface area contributed by atoms with Crippen molar-refractivity contribution in [3.8, 4) is 0 Å². The molecule has 2 aromatic carbocycles. The summed E-state index contributed by atoms with van der Waals surface area (Å²) in [6, 6.07) is 11.9. The van der Waals surface area contributed by atoms with Gasteiger partial charge in [0.1, 0.15) is 18.2 Å². The van der Waals surface area contributed by atoms with E-state index in [1.807, 2.05) is 0 Å². The van der Waals surface area contributed by atoms with Crippen molar-refractivity contribution >= 4 is 5.97 Å². The first-order chi connectivity index (χ1) is 9.56. The van der Waals surface area contributed by atoms with Gasteiger partial charge in [-0.1, -0.05) is 24.3 Å². The van der Waals surface area contributed by atoms with Gasteiger partial charge in [0.2, 0.25) is 0 Å². The fourth-order valence-corrected chi connectivity index (χ4v) is 1.98. The summed E-state index contributed by atoms with van der Waals surface area (Å²) in [5, 5.41) is 0. The van der Waals surface area contributed by atoms with Crippen LogP contribution in [-0.4, -0.2) is 12.6 Å². The average Bonchev–Trinajstić information content (AvgIpc) is 2.42. The molecule has 0 fully saturated rings. The molecule has 0 saturated heterocycles. The van der Waals surface area contributed by atoms with Crippen LogP contribution >= 0.6 is 0 Å². The minimum atomic E-state index is -0.390. The van der Waals surface area contributed by atoms with Gasteiger partial charge in [-0.05, 0) is 35.4 Å². The van der Waals surface area contributed by atoms with Crippen LogP contribution in [0.5, 0.6) is 0 Å². The van der Waals surface area contributed by atoms with Crippen molar-refractivity contribution in [1.82, 2.24) is 0 Å². The Morgan fingerprint density at radius 3 is 1.70 bits per heavy atom. The van der Waals surface area contributed by atoms with Crippen LogP contribution in [0.1, 0.15) is 24.0 Å². The first-order valence-electron chi connectivity index (χ1n) is 6.20. The highest BCUT2D eigenvalue weighted by Gasteiger charge is 2.16. The van der Waals surface area contributed by atoms with E-state index in [0.717, 1.165) is 11.1 Å². The number of carbonyl (C=O) groups is 1. The Labute approximate surface area is 116 Å². The Bertz CT molecular complexity index is 531. The zero-order valence-corrected chi connectivity index (χ0v) is 11.0. The lowest BCUT2D eigenvalue weighted by Gasteiger charge is -2.17. The van der Waals surface area contributed by atoms with Gasteiger partial charge in [-0.2, -0.15) is 0 Å². The Kier molecular flexibility index (Phi) is 4.45. The molecule has 0 heterocycles. The summed E-state index contributed by atoms with van der Waals surface area (Å²) in [5.74, 6) is -1.31. The predicted octanol–water partition coefficient (Wildman–Crippen LogP) is 3.66. The van der Waals surface area contributed by atoms with Gasteiger partial charge in [0, 0.05) is 12.8 Å². The third kappa shape index (κ3) is 3.63. The molecule has 0 amide bonds. The molecule has 0 unspecified atom stereocenters. The summed E-state index contributed by atoms with van der Waals surface area (Å²) >= 11 is 0. The molecule has 4 heteroatoms. The zero-order chi connectivity index (χ0) is 14.5. The highest BCUT2D eigenvalue weighted by molar-refractivity contribution is 5.66. The van der Waals surface area contributed by atoms with Gasteiger partial charge in [0.15, 0.2) is 0 Å². The fourth-order valence-electron chi connectivity index (χ4n) is 1.98. The van der Waals surface area contributed by atoms with E-state index in [1.165, 1.54) is 31.2 Å². The quantitative estimate of drug-likeness (QED) is 0.797. The Morgan fingerprint density at radius 2 is 1.35 bits per heavy atom. The summed E-state index contributed by atoms with van der Waals surface area (Å²) in [7, 11) is 0. The largest absolute Gasteiger partial charge is 0.465 e. The van der Waals surface area contributed by atoms with Crippen molar-refractivity contribution in [2.24, 2.45) is 0 Å². The fraction of sp³-hybridized carbons (Fsp3) is 0.188. The average molecular weight is 276 g/mol. The molecular weight excluding hydrogens is 262 g/mol. The highest BCUT2D eigenvalue weighted by atomic mass is 19.1. The van der Waals surface area contributed by atoms with Gasteiger partial charge >= 0.3 is 5.97 Å². The first kappa shape index (κ1) is 14.2.